The molecule has 0 bridgehead atoms. The fraction of sp³-hybridized carbons (Fsp3) is 0.130. The first kappa shape index (κ1) is 17.4. The molecule has 2 aromatic heterocycles. The summed E-state index contributed by atoms with van der Waals surface area (Å²) in [7, 11) is 1.70. The number of para-hydroxylation sites is 1. The van der Waals surface area contributed by atoms with Gasteiger partial charge in [0.1, 0.15) is 11.5 Å². The second-order valence-corrected chi connectivity index (χ2v) is 7.34. The van der Waals surface area contributed by atoms with E-state index in [4.69, 9.17) is 4.74 Å². The Morgan fingerprint density at radius 3 is 2.33 bits per heavy atom. The Morgan fingerprint density at radius 1 is 0.926 bits per heavy atom. The number of benzene rings is 2. The van der Waals surface area contributed by atoms with Gasteiger partial charge in [-0.15, -0.1) is 0 Å². The van der Waals surface area contributed by atoms with Crippen molar-refractivity contribution < 1.29 is 9.84 Å². The number of ether oxygens (including phenoxy) is 1. The second kappa shape index (κ2) is 6.97. The van der Waals surface area contributed by atoms with Crippen LogP contribution in [0.25, 0.3) is 0 Å². The minimum atomic E-state index is -0.575. The van der Waals surface area contributed by atoms with Gasteiger partial charge in [0.25, 0.3) is 0 Å². The molecule has 0 aliphatic heterocycles. The van der Waals surface area contributed by atoms with Crippen LogP contribution in [0.3, 0.4) is 0 Å². The number of aromatic nitrogens is 1. The SMILES string of the molecule is COc1ccccc1C(c1ccc(O)cc1)(c1ccsc1)c1ccc(C)[nH]1. The fourth-order valence-corrected chi connectivity index (χ4v) is 4.51. The van der Waals surface area contributed by atoms with E-state index in [2.05, 4.69) is 46.9 Å². The third-order valence-electron chi connectivity index (χ3n) is 5.00. The molecule has 2 aromatic carbocycles. The topological polar surface area (TPSA) is 45.2 Å². The average molecular weight is 375 g/mol. The molecule has 0 radical (unpaired) electrons. The molecule has 1 unspecified atom stereocenters. The lowest BCUT2D eigenvalue weighted by Crippen LogP contribution is -2.31. The summed E-state index contributed by atoms with van der Waals surface area (Å²) < 4.78 is 5.76. The van der Waals surface area contributed by atoms with Crippen LogP contribution in [0, 0.1) is 6.92 Å². The van der Waals surface area contributed by atoms with Crippen LogP contribution in [0.15, 0.2) is 77.5 Å². The van der Waals surface area contributed by atoms with Crippen molar-refractivity contribution in [1.29, 1.82) is 0 Å². The van der Waals surface area contributed by atoms with E-state index in [1.54, 1.807) is 30.6 Å². The molecule has 0 saturated carbocycles. The molecule has 0 fully saturated rings. The van der Waals surface area contributed by atoms with E-state index in [1.807, 2.05) is 30.3 Å². The predicted molar refractivity (Wildman–Crippen MR) is 110 cm³/mol. The van der Waals surface area contributed by atoms with E-state index in [0.29, 0.717) is 0 Å². The van der Waals surface area contributed by atoms with Crippen molar-refractivity contribution in [2.24, 2.45) is 0 Å². The molecular weight excluding hydrogens is 354 g/mol. The highest BCUT2D eigenvalue weighted by Gasteiger charge is 2.41. The molecule has 27 heavy (non-hydrogen) atoms. The number of phenolic OH excluding ortho intramolecular Hbond substituents is 1. The van der Waals surface area contributed by atoms with Gasteiger partial charge in [0.15, 0.2) is 0 Å². The Balaban J connectivity index is 2.14. The molecule has 2 N–H and O–H groups in total. The number of nitrogens with one attached hydrogen (secondary N) is 1. The number of aromatic hydroxyl groups is 1. The molecule has 0 spiro atoms. The van der Waals surface area contributed by atoms with Crippen LogP contribution in [-0.2, 0) is 5.41 Å². The molecule has 2 heterocycles. The van der Waals surface area contributed by atoms with Gasteiger partial charge in [-0.25, -0.2) is 0 Å². The number of thiophene rings is 1. The highest BCUT2D eigenvalue weighted by molar-refractivity contribution is 7.08. The van der Waals surface area contributed by atoms with E-state index in [9.17, 15) is 5.11 Å². The molecule has 3 nitrogen and oxygen atoms in total. The third-order valence-corrected chi connectivity index (χ3v) is 5.68. The highest BCUT2D eigenvalue weighted by atomic mass is 32.1. The van der Waals surface area contributed by atoms with Crippen LogP contribution >= 0.6 is 11.3 Å². The molecule has 136 valence electrons. The van der Waals surface area contributed by atoms with Gasteiger partial charge < -0.3 is 14.8 Å². The van der Waals surface area contributed by atoms with Crippen LogP contribution in [0.5, 0.6) is 11.5 Å². The minimum Gasteiger partial charge on any atom is -0.508 e. The number of aromatic amines is 1. The standard InChI is InChI=1S/C23H21NO2S/c1-16-7-12-22(24-16)23(18-13-14-27-15-18,17-8-10-19(25)11-9-17)20-5-3-4-6-21(20)26-2/h3-15,24-25H,1-2H3. The minimum absolute atomic E-state index is 0.251. The van der Waals surface area contributed by atoms with Crippen molar-refractivity contribution >= 4 is 11.3 Å². The summed E-state index contributed by atoms with van der Waals surface area (Å²) >= 11 is 1.67. The first-order chi connectivity index (χ1) is 13.2. The van der Waals surface area contributed by atoms with Gasteiger partial charge in [0.05, 0.1) is 12.5 Å². The van der Waals surface area contributed by atoms with Gasteiger partial charge >= 0.3 is 0 Å². The van der Waals surface area contributed by atoms with Gasteiger partial charge in [-0.2, -0.15) is 11.3 Å². The zero-order valence-electron chi connectivity index (χ0n) is 15.3. The molecular formula is C23H21NO2S. The zero-order chi connectivity index (χ0) is 18.9. The Hall–Kier alpha value is -2.98. The quantitative estimate of drug-likeness (QED) is 0.485. The first-order valence-electron chi connectivity index (χ1n) is 8.78. The van der Waals surface area contributed by atoms with Gasteiger partial charge in [-0.05, 0) is 65.2 Å². The summed E-state index contributed by atoms with van der Waals surface area (Å²) in [5, 5.41) is 14.1. The van der Waals surface area contributed by atoms with Gasteiger partial charge in [0, 0.05) is 17.0 Å². The van der Waals surface area contributed by atoms with Crippen molar-refractivity contribution in [3.8, 4) is 11.5 Å². The second-order valence-electron chi connectivity index (χ2n) is 6.56. The van der Waals surface area contributed by atoms with Crippen LogP contribution in [0.4, 0.5) is 0 Å². The number of rotatable bonds is 5. The largest absolute Gasteiger partial charge is 0.508 e. The number of hydrogen-bond donors (Lipinski definition) is 2. The summed E-state index contributed by atoms with van der Waals surface area (Å²) in [5.41, 5.74) is 4.86. The van der Waals surface area contributed by atoms with E-state index in [1.165, 1.54) is 0 Å². The van der Waals surface area contributed by atoms with Crippen LogP contribution in [0.2, 0.25) is 0 Å². The fourth-order valence-electron chi connectivity index (χ4n) is 3.80. The third kappa shape index (κ3) is 2.82. The van der Waals surface area contributed by atoms with Crippen molar-refractivity contribution in [1.82, 2.24) is 4.98 Å². The average Bonchev–Trinajstić information content (AvgIpc) is 3.37. The molecule has 0 aliphatic carbocycles. The van der Waals surface area contributed by atoms with Gasteiger partial charge in [-0.1, -0.05) is 30.3 Å². The summed E-state index contributed by atoms with van der Waals surface area (Å²) in [5.74, 6) is 1.07. The summed E-state index contributed by atoms with van der Waals surface area (Å²) in [6.07, 6.45) is 0. The van der Waals surface area contributed by atoms with Gasteiger partial charge in [-0.3, -0.25) is 0 Å². The summed E-state index contributed by atoms with van der Waals surface area (Å²) in [6.45, 7) is 2.06. The van der Waals surface area contributed by atoms with Crippen LogP contribution < -0.4 is 4.74 Å². The lowest BCUT2D eigenvalue weighted by atomic mass is 9.68. The highest BCUT2D eigenvalue weighted by Crippen LogP contribution is 2.48. The number of H-pyrrole nitrogens is 1. The zero-order valence-corrected chi connectivity index (χ0v) is 16.1. The monoisotopic (exact) mass is 375 g/mol. The first-order valence-corrected chi connectivity index (χ1v) is 9.72. The van der Waals surface area contributed by atoms with E-state index < -0.39 is 5.41 Å². The van der Waals surface area contributed by atoms with Crippen LogP contribution in [0.1, 0.15) is 28.1 Å². The summed E-state index contributed by atoms with van der Waals surface area (Å²) in [6, 6.07) is 21.9. The number of methoxy groups -OCH3 is 1. The van der Waals surface area contributed by atoms with Gasteiger partial charge in [0.2, 0.25) is 0 Å². The molecule has 1 atom stereocenters. The molecule has 4 heteroatoms. The molecule has 4 aromatic rings. The molecule has 0 amide bonds. The Kier molecular flexibility index (Phi) is 4.50. The number of hydrogen-bond acceptors (Lipinski definition) is 3. The Labute approximate surface area is 162 Å². The maximum atomic E-state index is 9.87. The normalized spacial score (nSPS) is 13.3. The van der Waals surface area contributed by atoms with Crippen molar-refractivity contribution in [2.45, 2.75) is 12.3 Å². The summed E-state index contributed by atoms with van der Waals surface area (Å²) in [4.78, 5) is 3.55. The van der Waals surface area contributed by atoms with Crippen molar-refractivity contribution in [3.05, 3.63) is 106 Å². The Morgan fingerprint density at radius 2 is 1.70 bits per heavy atom. The molecule has 0 aliphatic rings. The predicted octanol–water partition coefficient (Wildman–Crippen LogP) is 5.48. The molecule has 0 saturated heterocycles. The lowest BCUT2D eigenvalue weighted by molar-refractivity contribution is 0.404. The molecule has 4 rings (SSSR count). The van der Waals surface area contributed by atoms with Crippen molar-refractivity contribution in [2.75, 3.05) is 7.11 Å². The van der Waals surface area contributed by atoms with E-state index in [-0.39, 0.29) is 5.75 Å². The van der Waals surface area contributed by atoms with E-state index >= 15 is 0 Å². The maximum absolute atomic E-state index is 9.87. The lowest BCUT2D eigenvalue weighted by Gasteiger charge is -2.35. The van der Waals surface area contributed by atoms with Crippen LogP contribution in [-0.4, -0.2) is 17.2 Å². The Bertz CT molecular complexity index is 1030. The van der Waals surface area contributed by atoms with E-state index in [0.717, 1.165) is 33.8 Å². The number of phenols is 1. The maximum Gasteiger partial charge on any atom is 0.123 e. The smallest absolute Gasteiger partial charge is 0.123 e. The van der Waals surface area contributed by atoms with Crippen molar-refractivity contribution in [3.63, 3.8) is 0 Å². The number of aryl methyl sites for hydroxylation is 1.